The van der Waals surface area contributed by atoms with E-state index in [0.29, 0.717) is 12.5 Å². The van der Waals surface area contributed by atoms with E-state index in [1.807, 2.05) is 0 Å². The largest absolute Gasteiger partial charge is 0.306 e. The molecule has 84 valence electrons. The number of nitrogens with one attached hydrogen (secondary N) is 1. The Morgan fingerprint density at radius 1 is 1.50 bits per heavy atom. The van der Waals surface area contributed by atoms with E-state index < -0.39 is 10.2 Å². The van der Waals surface area contributed by atoms with Crippen LogP contribution in [0.25, 0.3) is 0 Å². The van der Waals surface area contributed by atoms with Gasteiger partial charge in [-0.05, 0) is 25.9 Å². The van der Waals surface area contributed by atoms with E-state index in [9.17, 15) is 8.42 Å². The molecule has 0 spiro atoms. The monoisotopic (exact) mass is 221 g/mol. The van der Waals surface area contributed by atoms with Crippen LogP contribution in [0.4, 0.5) is 0 Å². The molecule has 1 aliphatic heterocycles. The first-order chi connectivity index (χ1) is 6.42. The standard InChI is InChI=1S/C8H19N3O2S/c1-10(2)14(12,13)9-6-8-4-5-11(3)7-8/h8-9H,4-7H2,1-3H3. The molecule has 0 aromatic rings. The quantitative estimate of drug-likeness (QED) is 0.685. The fourth-order valence-electron chi connectivity index (χ4n) is 1.55. The zero-order valence-corrected chi connectivity index (χ0v) is 9.84. The SMILES string of the molecule is CN1CCC(CNS(=O)(=O)N(C)C)C1. The van der Waals surface area contributed by atoms with Crippen molar-refractivity contribution < 1.29 is 8.42 Å². The summed E-state index contributed by atoms with van der Waals surface area (Å²) in [5.74, 6) is 0.453. The van der Waals surface area contributed by atoms with Crippen LogP contribution in [-0.2, 0) is 10.2 Å². The summed E-state index contributed by atoms with van der Waals surface area (Å²) >= 11 is 0. The van der Waals surface area contributed by atoms with Crippen molar-refractivity contribution in [1.82, 2.24) is 13.9 Å². The molecular weight excluding hydrogens is 202 g/mol. The molecule has 1 heterocycles. The Kier molecular flexibility index (Phi) is 3.88. The lowest BCUT2D eigenvalue weighted by Crippen LogP contribution is -2.38. The first-order valence-electron chi connectivity index (χ1n) is 4.77. The van der Waals surface area contributed by atoms with Crippen LogP contribution in [0.3, 0.4) is 0 Å². The Bertz CT molecular complexity index is 276. The van der Waals surface area contributed by atoms with Crippen LogP contribution in [0.5, 0.6) is 0 Å². The molecule has 0 radical (unpaired) electrons. The minimum absolute atomic E-state index is 0.453. The third-order valence-corrected chi connectivity index (χ3v) is 4.02. The summed E-state index contributed by atoms with van der Waals surface area (Å²) in [6, 6.07) is 0. The van der Waals surface area contributed by atoms with Crippen LogP contribution in [0, 0.1) is 5.92 Å². The van der Waals surface area contributed by atoms with E-state index >= 15 is 0 Å². The molecule has 0 aromatic carbocycles. The maximum Gasteiger partial charge on any atom is 0.278 e. The van der Waals surface area contributed by atoms with Crippen LogP contribution in [0.1, 0.15) is 6.42 Å². The molecule has 1 rings (SSSR count). The fraction of sp³-hybridized carbons (Fsp3) is 1.00. The summed E-state index contributed by atoms with van der Waals surface area (Å²) < 4.78 is 26.5. The molecule has 1 unspecified atom stereocenters. The zero-order chi connectivity index (χ0) is 10.8. The molecule has 0 saturated carbocycles. The van der Waals surface area contributed by atoms with Gasteiger partial charge in [-0.1, -0.05) is 0 Å². The van der Waals surface area contributed by atoms with E-state index in [1.165, 1.54) is 18.4 Å². The molecule has 1 N–H and O–H groups in total. The number of nitrogens with zero attached hydrogens (tertiary/aromatic N) is 2. The van der Waals surface area contributed by atoms with Crippen molar-refractivity contribution in [2.45, 2.75) is 6.42 Å². The van der Waals surface area contributed by atoms with Crippen molar-refractivity contribution in [3.63, 3.8) is 0 Å². The van der Waals surface area contributed by atoms with Crippen molar-refractivity contribution in [3.05, 3.63) is 0 Å². The molecule has 0 amide bonds. The van der Waals surface area contributed by atoms with Gasteiger partial charge in [0.05, 0.1) is 0 Å². The highest BCUT2D eigenvalue weighted by molar-refractivity contribution is 7.87. The summed E-state index contributed by atoms with van der Waals surface area (Å²) in [6.45, 7) is 2.59. The van der Waals surface area contributed by atoms with Gasteiger partial charge in [0.15, 0.2) is 0 Å². The second kappa shape index (κ2) is 4.57. The molecule has 14 heavy (non-hydrogen) atoms. The molecule has 0 bridgehead atoms. The van der Waals surface area contributed by atoms with Crippen molar-refractivity contribution in [2.24, 2.45) is 5.92 Å². The Hall–Kier alpha value is -0.170. The average Bonchev–Trinajstić information content (AvgIpc) is 2.48. The van der Waals surface area contributed by atoms with Gasteiger partial charge < -0.3 is 4.90 Å². The Balaban J connectivity index is 2.34. The molecule has 5 nitrogen and oxygen atoms in total. The lowest BCUT2D eigenvalue weighted by atomic mass is 10.1. The van der Waals surface area contributed by atoms with Gasteiger partial charge in [0, 0.05) is 27.2 Å². The number of rotatable bonds is 4. The highest BCUT2D eigenvalue weighted by Crippen LogP contribution is 2.13. The summed E-state index contributed by atoms with van der Waals surface area (Å²) in [4.78, 5) is 2.22. The predicted molar refractivity (Wildman–Crippen MR) is 56.2 cm³/mol. The first-order valence-corrected chi connectivity index (χ1v) is 6.21. The summed E-state index contributed by atoms with van der Waals surface area (Å²) in [5, 5.41) is 0. The van der Waals surface area contributed by atoms with Crippen molar-refractivity contribution in [3.8, 4) is 0 Å². The first kappa shape index (κ1) is 11.9. The van der Waals surface area contributed by atoms with E-state index in [4.69, 9.17) is 0 Å². The van der Waals surface area contributed by atoms with Crippen molar-refractivity contribution in [1.29, 1.82) is 0 Å². The van der Waals surface area contributed by atoms with Crippen molar-refractivity contribution >= 4 is 10.2 Å². The highest BCUT2D eigenvalue weighted by Gasteiger charge is 2.21. The van der Waals surface area contributed by atoms with Crippen molar-refractivity contribution in [2.75, 3.05) is 40.8 Å². The summed E-state index contributed by atoms with van der Waals surface area (Å²) in [5.41, 5.74) is 0. The van der Waals surface area contributed by atoms with E-state index in [2.05, 4.69) is 16.7 Å². The third kappa shape index (κ3) is 3.20. The lowest BCUT2D eigenvalue weighted by Gasteiger charge is -2.15. The minimum Gasteiger partial charge on any atom is -0.306 e. The Morgan fingerprint density at radius 3 is 2.57 bits per heavy atom. The molecule has 1 atom stereocenters. The summed E-state index contributed by atoms with van der Waals surface area (Å²) in [7, 11) is 1.88. The molecular formula is C8H19N3O2S. The summed E-state index contributed by atoms with van der Waals surface area (Å²) in [6.07, 6.45) is 1.08. The van der Waals surface area contributed by atoms with Crippen LogP contribution in [0.2, 0.25) is 0 Å². The Labute approximate surface area is 86.3 Å². The number of hydrogen-bond acceptors (Lipinski definition) is 3. The van der Waals surface area contributed by atoms with E-state index in [1.54, 1.807) is 0 Å². The van der Waals surface area contributed by atoms with Crippen LogP contribution >= 0.6 is 0 Å². The lowest BCUT2D eigenvalue weighted by molar-refractivity contribution is 0.392. The van der Waals surface area contributed by atoms with Gasteiger partial charge in [-0.3, -0.25) is 0 Å². The van der Waals surface area contributed by atoms with Gasteiger partial charge in [0.2, 0.25) is 0 Å². The minimum atomic E-state index is -3.24. The van der Waals surface area contributed by atoms with Gasteiger partial charge in [0.1, 0.15) is 0 Å². The van der Waals surface area contributed by atoms with Gasteiger partial charge in [0.25, 0.3) is 10.2 Å². The van der Waals surface area contributed by atoms with Crippen LogP contribution in [-0.4, -0.2) is 58.4 Å². The fourth-order valence-corrected chi connectivity index (χ4v) is 2.25. The Morgan fingerprint density at radius 2 is 2.14 bits per heavy atom. The molecule has 0 aromatic heterocycles. The second-order valence-electron chi connectivity index (χ2n) is 4.05. The average molecular weight is 221 g/mol. The van der Waals surface area contributed by atoms with E-state index in [-0.39, 0.29) is 0 Å². The number of hydrogen-bond donors (Lipinski definition) is 1. The predicted octanol–water partition coefficient (Wildman–Crippen LogP) is -0.666. The van der Waals surface area contributed by atoms with Crippen LogP contribution < -0.4 is 4.72 Å². The highest BCUT2D eigenvalue weighted by atomic mass is 32.2. The van der Waals surface area contributed by atoms with Gasteiger partial charge in [-0.25, -0.2) is 4.72 Å². The number of likely N-dealkylation sites (tertiary alicyclic amines) is 1. The third-order valence-electron chi connectivity index (χ3n) is 2.52. The molecule has 1 fully saturated rings. The van der Waals surface area contributed by atoms with Gasteiger partial charge in [-0.15, -0.1) is 0 Å². The maximum absolute atomic E-state index is 11.4. The topological polar surface area (TPSA) is 52.7 Å². The second-order valence-corrected chi connectivity index (χ2v) is 6.02. The molecule has 0 aliphatic carbocycles. The van der Waals surface area contributed by atoms with Gasteiger partial charge in [-0.2, -0.15) is 12.7 Å². The normalized spacial score (nSPS) is 24.7. The smallest absolute Gasteiger partial charge is 0.278 e. The molecule has 6 heteroatoms. The molecule has 1 aliphatic rings. The van der Waals surface area contributed by atoms with Gasteiger partial charge >= 0.3 is 0 Å². The molecule has 1 saturated heterocycles. The zero-order valence-electron chi connectivity index (χ0n) is 9.02. The maximum atomic E-state index is 11.4. The van der Waals surface area contributed by atoms with Crippen LogP contribution in [0.15, 0.2) is 0 Å². The van der Waals surface area contributed by atoms with E-state index in [0.717, 1.165) is 19.5 Å².